The highest BCUT2D eigenvalue weighted by molar-refractivity contribution is 5.80. The minimum Gasteiger partial charge on any atom is -0.398 e. The first kappa shape index (κ1) is 12.9. The molecule has 0 aliphatic rings. The van der Waals surface area contributed by atoms with Crippen LogP contribution in [0.5, 0.6) is 0 Å². The summed E-state index contributed by atoms with van der Waals surface area (Å²) in [7, 11) is 0. The minimum atomic E-state index is -0.382. The van der Waals surface area contributed by atoms with Crippen LogP contribution in [0.3, 0.4) is 0 Å². The Hall–Kier alpha value is -2.56. The molecular weight excluding hydrogens is 242 g/mol. The normalized spacial score (nSPS) is 10.2. The average Bonchev–Trinajstić information content (AvgIpc) is 2.36. The molecule has 0 fully saturated rings. The van der Waals surface area contributed by atoms with E-state index in [-0.39, 0.29) is 10.6 Å². The molecule has 3 N–H and O–H groups in total. The number of rotatable bonds is 3. The third-order valence-corrected chi connectivity index (χ3v) is 3.02. The quantitative estimate of drug-likeness (QED) is 0.500. The van der Waals surface area contributed by atoms with Crippen LogP contribution in [0.15, 0.2) is 36.4 Å². The third-order valence-electron chi connectivity index (χ3n) is 3.02. The fraction of sp³-hybridized carbons (Fsp3) is 0.143. The van der Waals surface area contributed by atoms with E-state index in [1.165, 1.54) is 0 Å². The molecular formula is C14H15N3O2. The molecule has 0 saturated heterocycles. The van der Waals surface area contributed by atoms with Crippen molar-refractivity contribution in [1.82, 2.24) is 0 Å². The zero-order valence-electron chi connectivity index (χ0n) is 10.8. The van der Waals surface area contributed by atoms with Gasteiger partial charge in [0.15, 0.2) is 0 Å². The molecule has 0 spiro atoms. The maximum Gasteiger partial charge on any atom is 0.295 e. The van der Waals surface area contributed by atoms with Crippen molar-refractivity contribution >= 4 is 22.7 Å². The predicted octanol–water partition coefficient (Wildman–Crippen LogP) is 3.54. The summed E-state index contributed by atoms with van der Waals surface area (Å²) in [6.45, 7) is 3.46. The highest BCUT2D eigenvalue weighted by Gasteiger charge is 2.21. The zero-order chi connectivity index (χ0) is 14.0. The number of hydrogen-bond donors (Lipinski definition) is 2. The number of benzene rings is 2. The summed E-state index contributed by atoms with van der Waals surface area (Å²) in [4.78, 5) is 10.8. The lowest BCUT2D eigenvalue weighted by Gasteiger charge is -2.13. The van der Waals surface area contributed by atoms with E-state index in [0.717, 1.165) is 5.69 Å². The van der Waals surface area contributed by atoms with Crippen LogP contribution in [0, 0.1) is 24.0 Å². The standard InChI is InChI=1S/C14H15N3O2/c1-9-8-12(15)10(2)13(14(9)17(18)19)16-11-6-4-3-5-7-11/h3-8,16H,15H2,1-2H3. The number of aryl methyl sites for hydroxylation is 1. The molecule has 2 aromatic carbocycles. The summed E-state index contributed by atoms with van der Waals surface area (Å²) in [5.74, 6) is 0. The molecule has 19 heavy (non-hydrogen) atoms. The molecule has 0 aliphatic carbocycles. The van der Waals surface area contributed by atoms with Crippen LogP contribution in [0.2, 0.25) is 0 Å². The molecule has 0 amide bonds. The maximum absolute atomic E-state index is 11.2. The van der Waals surface area contributed by atoms with Crippen LogP contribution < -0.4 is 11.1 Å². The minimum absolute atomic E-state index is 0.0653. The summed E-state index contributed by atoms with van der Waals surface area (Å²) < 4.78 is 0. The Kier molecular flexibility index (Phi) is 3.37. The lowest BCUT2D eigenvalue weighted by molar-refractivity contribution is -0.384. The Morgan fingerprint density at radius 1 is 1.21 bits per heavy atom. The van der Waals surface area contributed by atoms with Crippen LogP contribution in [0.1, 0.15) is 11.1 Å². The Morgan fingerprint density at radius 3 is 2.42 bits per heavy atom. The van der Waals surface area contributed by atoms with Gasteiger partial charge in [-0.05, 0) is 32.0 Å². The van der Waals surface area contributed by atoms with E-state index in [9.17, 15) is 10.1 Å². The molecule has 2 rings (SSSR count). The van der Waals surface area contributed by atoms with Gasteiger partial charge in [0.25, 0.3) is 5.69 Å². The van der Waals surface area contributed by atoms with Crippen LogP contribution >= 0.6 is 0 Å². The van der Waals surface area contributed by atoms with E-state index in [4.69, 9.17) is 5.73 Å². The molecule has 0 aromatic heterocycles. The molecule has 0 bridgehead atoms. The van der Waals surface area contributed by atoms with Crippen molar-refractivity contribution in [2.24, 2.45) is 0 Å². The van der Waals surface area contributed by atoms with Crippen molar-refractivity contribution in [2.45, 2.75) is 13.8 Å². The van der Waals surface area contributed by atoms with E-state index in [1.807, 2.05) is 30.3 Å². The van der Waals surface area contributed by atoms with Crippen LogP contribution in [-0.4, -0.2) is 4.92 Å². The largest absolute Gasteiger partial charge is 0.398 e. The summed E-state index contributed by atoms with van der Waals surface area (Å²) in [6, 6.07) is 10.9. The third kappa shape index (κ3) is 2.49. The van der Waals surface area contributed by atoms with Gasteiger partial charge in [-0.15, -0.1) is 0 Å². The van der Waals surface area contributed by atoms with Gasteiger partial charge in [0.05, 0.1) is 4.92 Å². The number of nitrogens with two attached hydrogens (primary N) is 1. The van der Waals surface area contributed by atoms with Gasteiger partial charge < -0.3 is 11.1 Å². The second kappa shape index (κ2) is 4.97. The Balaban J connectivity index is 2.57. The van der Waals surface area contributed by atoms with E-state index < -0.39 is 0 Å². The van der Waals surface area contributed by atoms with Crippen molar-refractivity contribution in [3.05, 3.63) is 57.6 Å². The number of nitro groups is 1. The van der Waals surface area contributed by atoms with Crippen molar-refractivity contribution in [1.29, 1.82) is 0 Å². The lowest BCUT2D eigenvalue weighted by atomic mass is 10.1. The topological polar surface area (TPSA) is 81.2 Å². The van der Waals surface area contributed by atoms with Crippen molar-refractivity contribution in [3.8, 4) is 0 Å². The van der Waals surface area contributed by atoms with Gasteiger partial charge in [0.2, 0.25) is 0 Å². The molecule has 2 aromatic rings. The molecule has 0 saturated carbocycles. The number of nitrogens with one attached hydrogen (secondary N) is 1. The zero-order valence-corrected chi connectivity index (χ0v) is 10.8. The number of anilines is 3. The van der Waals surface area contributed by atoms with Gasteiger partial charge in [0, 0.05) is 22.5 Å². The van der Waals surface area contributed by atoms with Gasteiger partial charge in [0.1, 0.15) is 5.69 Å². The summed E-state index contributed by atoms with van der Waals surface area (Å²) in [6.07, 6.45) is 0. The second-order valence-corrected chi connectivity index (χ2v) is 4.38. The number of para-hydroxylation sites is 1. The molecule has 0 aliphatic heterocycles. The second-order valence-electron chi connectivity index (χ2n) is 4.38. The van der Waals surface area contributed by atoms with Gasteiger partial charge >= 0.3 is 0 Å². The summed E-state index contributed by atoms with van der Waals surface area (Å²) in [5, 5.41) is 14.3. The molecule has 5 heteroatoms. The monoisotopic (exact) mass is 257 g/mol. The first-order chi connectivity index (χ1) is 9.00. The molecule has 0 unspecified atom stereocenters. The predicted molar refractivity (Wildman–Crippen MR) is 76.7 cm³/mol. The van der Waals surface area contributed by atoms with Gasteiger partial charge in [-0.25, -0.2) is 0 Å². The molecule has 0 heterocycles. The number of nitrogens with zero attached hydrogens (tertiary/aromatic N) is 1. The van der Waals surface area contributed by atoms with E-state index in [2.05, 4.69) is 5.32 Å². The molecule has 98 valence electrons. The smallest absolute Gasteiger partial charge is 0.295 e. The molecule has 5 nitrogen and oxygen atoms in total. The lowest BCUT2D eigenvalue weighted by Crippen LogP contribution is -2.04. The highest BCUT2D eigenvalue weighted by Crippen LogP contribution is 2.37. The fourth-order valence-electron chi connectivity index (χ4n) is 1.98. The number of nitro benzene ring substituents is 1. The summed E-state index contributed by atoms with van der Waals surface area (Å²) >= 11 is 0. The average molecular weight is 257 g/mol. The number of hydrogen-bond acceptors (Lipinski definition) is 4. The van der Waals surface area contributed by atoms with Crippen LogP contribution in [0.25, 0.3) is 0 Å². The van der Waals surface area contributed by atoms with Crippen molar-refractivity contribution < 1.29 is 4.92 Å². The van der Waals surface area contributed by atoms with E-state index in [0.29, 0.717) is 22.5 Å². The first-order valence-corrected chi connectivity index (χ1v) is 5.87. The van der Waals surface area contributed by atoms with Crippen molar-refractivity contribution in [3.63, 3.8) is 0 Å². The van der Waals surface area contributed by atoms with Crippen LogP contribution in [0.4, 0.5) is 22.7 Å². The van der Waals surface area contributed by atoms with Gasteiger partial charge in [-0.2, -0.15) is 0 Å². The van der Waals surface area contributed by atoms with E-state index in [1.54, 1.807) is 19.9 Å². The fourth-order valence-corrected chi connectivity index (χ4v) is 1.98. The number of nitrogen functional groups attached to an aromatic ring is 1. The van der Waals surface area contributed by atoms with Gasteiger partial charge in [-0.3, -0.25) is 10.1 Å². The van der Waals surface area contributed by atoms with Crippen molar-refractivity contribution in [2.75, 3.05) is 11.1 Å². The van der Waals surface area contributed by atoms with Gasteiger partial charge in [-0.1, -0.05) is 18.2 Å². The first-order valence-electron chi connectivity index (χ1n) is 5.87. The Morgan fingerprint density at radius 2 is 1.84 bits per heavy atom. The Bertz CT molecular complexity index is 624. The highest BCUT2D eigenvalue weighted by atomic mass is 16.6. The molecule has 0 radical (unpaired) electrons. The summed E-state index contributed by atoms with van der Waals surface area (Å²) in [5.41, 5.74) is 8.96. The maximum atomic E-state index is 11.2. The van der Waals surface area contributed by atoms with E-state index >= 15 is 0 Å². The Labute approximate surface area is 111 Å². The van der Waals surface area contributed by atoms with Crippen LogP contribution in [-0.2, 0) is 0 Å². The molecule has 0 atom stereocenters. The SMILES string of the molecule is Cc1cc(N)c(C)c(Nc2ccccc2)c1[N+](=O)[O-].